The van der Waals surface area contributed by atoms with E-state index in [-0.39, 0.29) is 17.0 Å². The van der Waals surface area contributed by atoms with Crippen molar-refractivity contribution in [3.8, 4) is 0 Å². The molecule has 1 rings (SSSR count). The first-order chi connectivity index (χ1) is 8.51. The second kappa shape index (κ2) is 6.49. The molecule has 1 heterocycles. The van der Waals surface area contributed by atoms with Crippen LogP contribution in [-0.2, 0) is 19.9 Å². The fraction of sp³-hybridized carbons (Fsp3) is 0.750. The Balaban J connectivity index is 3.05. The van der Waals surface area contributed by atoms with Crippen molar-refractivity contribution in [2.45, 2.75) is 52.1 Å². The molecule has 0 fully saturated rings. The summed E-state index contributed by atoms with van der Waals surface area (Å²) in [7, 11) is 1.69. The van der Waals surface area contributed by atoms with E-state index in [1.807, 2.05) is 13.8 Å². The number of aromatic nitrogens is 2. The summed E-state index contributed by atoms with van der Waals surface area (Å²) in [6, 6.07) is 0. The van der Waals surface area contributed by atoms with Crippen LogP contribution in [0.5, 0.6) is 0 Å². The summed E-state index contributed by atoms with van der Waals surface area (Å²) in [6.07, 6.45) is 2.65. The molecule has 1 aromatic heterocycles. The molecule has 0 radical (unpaired) electrons. The van der Waals surface area contributed by atoms with Crippen LogP contribution in [0.3, 0.4) is 0 Å². The summed E-state index contributed by atoms with van der Waals surface area (Å²) in [6.45, 7) is 3.94. The van der Waals surface area contributed by atoms with Crippen molar-refractivity contribution in [2.24, 2.45) is 7.05 Å². The number of nitro groups is 1. The lowest BCUT2D eigenvalue weighted by Gasteiger charge is -2.08. The average molecular weight is 255 g/mol. The van der Waals surface area contributed by atoms with Gasteiger partial charge >= 0.3 is 5.69 Å². The highest BCUT2D eigenvalue weighted by Gasteiger charge is 2.27. The number of nitrogens with zero attached hydrogens (tertiary/aromatic N) is 3. The SMILES string of the molecule is CCCc1nn(C)c(CC(O)CCC)c1[N+](=O)[O-]. The van der Waals surface area contributed by atoms with Crippen molar-refractivity contribution in [1.82, 2.24) is 9.78 Å². The molecule has 18 heavy (non-hydrogen) atoms. The van der Waals surface area contributed by atoms with Crippen molar-refractivity contribution in [3.63, 3.8) is 0 Å². The van der Waals surface area contributed by atoms with Crippen LogP contribution in [0, 0.1) is 10.1 Å². The third kappa shape index (κ3) is 3.29. The summed E-state index contributed by atoms with van der Waals surface area (Å²) in [5, 5.41) is 25.1. The first-order valence-electron chi connectivity index (χ1n) is 6.38. The first kappa shape index (κ1) is 14.6. The minimum Gasteiger partial charge on any atom is -0.393 e. The predicted octanol–water partition coefficient (Wildman–Crippen LogP) is 1.98. The van der Waals surface area contributed by atoms with E-state index >= 15 is 0 Å². The number of hydrogen-bond donors (Lipinski definition) is 1. The van der Waals surface area contributed by atoms with Crippen molar-refractivity contribution >= 4 is 5.69 Å². The van der Waals surface area contributed by atoms with E-state index in [4.69, 9.17) is 0 Å². The van der Waals surface area contributed by atoms with E-state index in [0.29, 0.717) is 24.2 Å². The minimum absolute atomic E-state index is 0.0782. The number of hydrogen-bond acceptors (Lipinski definition) is 4. The Morgan fingerprint density at radius 1 is 1.44 bits per heavy atom. The maximum absolute atomic E-state index is 11.1. The molecule has 1 unspecified atom stereocenters. The lowest BCUT2D eigenvalue weighted by atomic mass is 10.1. The topological polar surface area (TPSA) is 81.2 Å². The number of aryl methyl sites for hydroxylation is 2. The Morgan fingerprint density at radius 2 is 2.11 bits per heavy atom. The number of aliphatic hydroxyl groups is 1. The summed E-state index contributed by atoms with van der Waals surface area (Å²) >= 11 is 0. The first-order valence-corrected chi connectivity index (χ1v) is 6.38. The van der Waals surface area contributed by atoms with Gasteiger partial charge in [0.15, 0.2) is 0 Å². The zero-order valence-electron chi connectivity index (χ0n) is 11.2. The van der Waals surface area contributed by atoms with Gasteiger partial charge in [0.05, 0.1) is 11.0 Å². The lowest BCUT2D eigenvalue weighted by molar-refractivity contribution is -0.386. The van der Waals surface area contributed by atoms with Crippen LogP contribution >= 0.6 is 0 Å². The monoisotopic (exact) mass is 255 g/mol. The minimum atomic E-state index is -0.543. The maximum atomic E-state index is 11.1. The van der Waals surface area contributed by atoms with Gasteiger partial charge in [-0.2, -0.15) is 5.10 Å². The van der Waals surface area contributed by atoms with Gasteiger partial charge in [-0.1, -0.05) is 26.7 Å². The Kier molecular flexibility index (Phi) is 5.27. The van der Waals surface area contributed by atoms with Crippen LogP contribution in [0.25, 0.3) is 0 Å². The third-order valence-electron chi connectivity index (χ3n) is 2.93. The lowest BCUT2D eigenvalue weighted by Crippen LogP contribution is -2.14. The van der Waals surface area contributed by atoms with Crippen LogP contribution in [0.1, 0.15) is 44.5 Å². The van der Waals surface area contributed by atoms with E-state index < -0.39 is 6.10 Å². The molecule has 1 aromatic rings. The van der Waals surface area contributed by atoms with Gasteiger partial charge in [-0.05, 0) is 12.8 Å². The molecular weight excluding hydrogens is 234 g/mol. The van der Waals surface area contributed by atoms with Crippen molar-refractivity contribution in [3.05, 3.63) is 21.5 Å². The largest absolute Gasteiger partial charge is 0.393 e. The molecule has 0 spiro atoms. The third-order valence-corrected chi connectivity index (χ3v) is 2.93. The van der Waals surface area contributed by atoms with Crippen molar-refractivity contribution in [1.29, 1.82) is 0 Å². The van der Waals surface area contributed by atoms with Crippen LogP contribution in [0.2, 0.25) is 0 Å². The molecule has 0 amide bonds. The van der Waals surface area contributed by atoms with E-state index in [1.165, 1.54) is 4.68 Å². The zero-order chi connectivity index (χ0) is 13.7. The summed E-state index contributed by atoms with van der Waals surface area (Å²) < 4.78 is 1.53. The second-order valence-corrected chi connectivity index (χ2v) is 4.52. The normalized spacial score (nSPS) is 12.7. The van der Waals surface area contributed by atoms with Crippen LogP contribution in [0.15, 0.2) is 0 Å². The summed E-state index contributed by atoms with van der Waals surface area (Å²) in [5.74, 6) is 0. The molecule has 0 aliphatic rings. The molecular formula is C12H21N3O3. The van der Waals surface area contributed by atoms with E-state index in [9.17, 15) is 15.2 Å². The smallest absolute Gasteiger partial charge is 0.313 e. The van der Waals surface area contributed by atoms with Gasteiger partial charge in [0.2, 0.25) is 0 Å². The molecule has 102 valence electrons. The average Bonchev–Trinajstić information content (AvgIpc) is 2.56. The Morgan fingerprint density at radius 3 is 2.61 bits per heavy atom. The summed E-state index contributed by atoms with van der Waals surface area (Å²) in [5.41, 5.74) is 1.11. The zero-order valence-corrected chi connectivity index (χ0v) is 11.2. The van der Waals surface area contributed by atoms with Crippen LogP contribution < -0.4 is 0 Å². The molecule has 0 aliphatic heterocycles. The summed E-state index contributed by atoms with van der Waals surface area (Å²) in [4.78, 5) is 10.8. The predicted molar refractivity (Wildman–Crippen MR) is 68.5 cm³/mol. The van der Waals surface area contributed by atoms with Crippen molar-refractivity contribution < 1.29 is 10.0 Å². The molecule has 1 N–H and O–H groups in total. The van der Waals surface area contributed by atoms with Gasteiger partial charge in [-0.25, -0.2) is 0 Å². The van der Waals surface area contributed by atoms with Gasteiger partial charge in [0.1, 0.15) is 11.4 Å². The van der Waals surface area contributed by atoms with Gasteiger partial charge in [-0.3, -0.25) is 14.8 Å². The van der Waals surface area contributed by atoms with Gasteiger partial charge in [-0.15, -0.1) is 0 Å². The second-order valence-electron chi connectivity index (χ2n) is 4.52. The standard InChI is InChI=1S/C12H21N3O3/c1-4-6-9(16)8-11-12(15(17)18)10(7-5-2)13-14(11)3/h9,16H,4-8H2,1-3H3. The Labute approximate surface area is 107 Å². The van der Waals surface area contributed by atoms with Crippen LogP contribution in [0.4, 0.5) is 5.69 Å². The molecule has 0 bridgehead atoms. The highest BCUT2D eigenvalue weighted by Crippen LogP contribution is 2.26. The quantitative estimate of drug-likeness (QED) is 0.596. The molecule has 0 aromatic carbocycles. The van der Waals surface area contributed by atoms with E-state index in [1.54, 1.807) is 7.05 Å². The van der Waals surface area contributed by atoms with E-state index in [0.717, 1.165) is 12.8 Å². The number of rotatable bonds is 7. The van der Waals surface area contributed by atoms with E-state index in [2.05, 4.69) is 5.10 Å². The fourth-order valence-corrected chi connectivity index (χ4v) is 2.11. The molecule has 1 atom stereocenters. The van der Waals surface area contributed by atoms with Crippen molar-refractivity contribution in [2.75, 3.05) is 0 Å². The Hall–Kier alpha value is -1.43. The molecule has 0 saturated carbocycles. The number of aliphatic hydroxyl groups excluding tert-OH is 1. The molecule has 6 nitrogen and oxygen atoms in total. The molecule has 0 aliphatic carbocycles. The highest BCUT2D eigenvalue weighted by atomic mass is 16.6. The highest BCUT2D eigenvalue weighted by molar-refractivity contribution is 5.41. The fourth-order valence-electron chi connectivity index (χ4n) is 2.11. The van der Waals surface area contributed by atoms with Gasteiger partial charge < -0.3 is 5.11 Å². The van der Waals surface area contributed by atoms with Gasteiger partial charge in [0.25, 0.3) is 0 Å². The van der Waals surface area contributed by atoms with Gasteiger partial charge in [0, 0.05) is 13.5 Å². The van der Waals surface area contributed by atoms with Crippen LogP contribution in [-0.4, -0.2) is 25.9 Å². The maximum Gasteiger partial charge on any atom is 0.313 e. The Bertz CT molecular complexity index is 415. The molecule has 6 heteroatoms. The molecule has 0 saturated heterocycles.